The Balaban J connectivity index is 3.88. The fraction of sp³-hybridized carbons (Fsp3) is 0.844. The largest absolute Gasteiger partial charge is 0.481 e. The fourth-order valence-electron chi connectivity index (χ4n) is 5.25. The molecule has 0 amide bonds. The zero-order valence-corrected chi connectivity index (χ0v) is 25.1. The van der Waals surface area contributed by atoms with Crippen molar-refractivity contribution in [1.82, 2.24) is 0 Å². The van der Waals surface area contributed by atoms with Crippen LogP contribution in [0.1, 0.15) is 148 Å². The van der Waals surface area contributed by atoms with Crippen LogP contribution in [0.3, 0.4) is 0 Å². The molecule has 228 valence electrons. The summed E-state index contributed by atoms with van der Waals surface area (Å²) in [5, 5.41) is 27.4. The molecule has 3 N–H and O–H groups in total. The highest BCUT2D eigenvalue weighted by atomic mass is 16.4. The lowest BCUT2D eigenvalue weighted by Gasteiger charge is -2.38. The van der Waals surface area contributed by atoms with Crippen molar-refractivity contribution in [2.24, 2.45) is 0 Å². The number of nitrogens with zero attached hydrogens (tertiary/aromatic N) is 1. The van der Waals surface area contributed by atoms with Crippen molar-refractivity contribution < 1.29 is 34.2 Å². The molecule has 0 aliphatic carbocycles. The molecule has 0 aromatic rings. The number of carboxylic acid groups (broad SMARTS) is 3. The van der Waals surface area contributed by atoms with Gasteiger partial charge in [-0.2, -0.15) is 0 Å². The number of rotatable bonds is 30. The Hall–Kier alpha value is -1.89. The van der Waals surface area contributed by atoms with E-state index in [9.17, 15) is 14.4 Å². The number of hydrogen-bond donors (Lipinski definition) is 3. The van der Waals surface area contributed by atoms with Crippen LogP contribution in [0.15, 0.2) is 12.2 Å². The summed E-state index contributed by atoms with van der Waals surface area (Å²) in [6.45, 7) is 3.75. The van der Waals surface area contributed by atoms with Gasteiger partial charge in [0.2, 0.25) is 0 Å². The third-order valence-electron chi connectivity index (χ3n) is 7.79. The Morgan fingerprint density at radius 3 is 1.10 bits per heavy atom. The highest BCUT2D eigenvalue weighted by Crippen LogP contribution is 2.17. The highest BCUT2D eigenvalue weighted by Gasteiger charge is 2.29. The van der Waals surface area contributed by atoms with Gasteiger partial charge in [0.1, 0.15) is 0 Å². The molecule has 7 nitrogen and oxygen atoms in total. The van der Waals surface area contributed by atoms with Crippen LogP contribution >= 0.6 is 0 Å². The van der Waals surface area contributed by atoms with Crippen LogP contribution in [-0.2, 0) is 14.4 Å². The van der Waals surface area contributed by atoms with Gasteiger partial charge in [-0.25, -0.2) is 0 Å². The van der Waals surface area contributed by atoms with Gasteiger partial charge in [-0.3, -0.25) is 14.4 Å². The third-order valence-corrected chi connectivity index (χ3v) is 7.79. The number of carbonyl (C=O) groups is 3. The Labute approximate surface area is 238 Å². The van der Waals surface area contributed by atoms with Crippen LogP contribution in [-0.4, -0.2) is 63.9 Å². The van der Waals surface area contributed by atoms with E-state index in [0.29, 0.717) is 6.54 Å². The molecule has 0 bridgehead atoms. The molecule has 0 saturated heterocycles. The second kappa shape index (κ2) is 26.3. The standard InChI is InChI=1S/C32H59NO6/c1-2-3-4-5-6-7-8-9-10-11-12-13-14-15-16-17-18-19-20-21-22-26-33(27-23-30(34)35,28-24-31(36)37)29-25-32(38)39/h10-11H,2-9,12-29H2,1H3,(H2-,34,35,36,37,38,39)/p+1/b11-10+. The Kier molecular flexibility index (Phi) is 25.1. The first-order valence-corrected chi connectivity index (χ1v) is 16.0. The van der Waals surface area contributed by atoms with Crippen LogP contribution in [0.4, 0.5) is 0 Å². The van der Waals surface area contributed by atoms with Crippen molar-refractivity contribution in [3.05, 3.63) is 12.2 Å². The maximum atomic E-state index is 11.1. The zero-order valence-electron chi connectivity index (χ0n) is 25.1. The van der Waals surface area contributed by atoms with Gasteiger partial charge in [0.05, 0.1) is 45.4 Å². The summed E-state index contributed by atoms with van der Waals surface area (Å²) in [6.07, 6.45) is 28.5. The van der Waals surface area contributed by atoms with Crippen molar-refractivity contribution in [3.63, 3.8) is 0 Å². The van der Waals surface area contributed by atoms with Crippen LogP contribution in [0, 0.1) is 0 Å². The summed E-state index contributed by atoms with van der Waals surface area (Å²) in [6, 6.07) is 0. The molecule has 7 heteroatoms. The minimum atomic E-state index is -0.932. The van der Waals surface area contributed by atoms with Crippen LogP contribution in [0.2, 0.25) is 0 Å². The van der Waals surface area contributed by atoms with E-state index in [-0.39, 0.29) is 43.4 Å². The minimum absolute atomic E-state index is 0.0746. The second-order valence-electron chi connectivity index (χ2n) is 11.4. The Bertz CT molecular complexity index is 603. The van der Waals surface area contributed by atoms with Gasteiger partial charge >= 0.3 is 17.9 Å². The second-order valence-corrected chi connectivity index (χ2v) is 11.4. The summed E-state index contributed by atoms with van der Waals surface area (Å²) < 4.78 is 0.263. The lowest BCUT2D eigenvalue weighted by atomic mass is 10.0. The molecule has 0 radical (unpaired) electrons. The molecule has 0 rings (SSSR count). The van der Waals surface area contributed by atoms with Gasteiger partial charge in [-0.05, 0) is 38.5 Å². The number of hydrogen-bond acceptors (Lipinski definition) is 3. The molecular formula is C32H60NO6+. The first kappa shape index (κ1) is 37.1. The van der Waals surface area contributed by atoms with Gasteiger partial charge in [-0.15, -0.1) is 0 Å². The van der Waals surface area contributed by atoms with Gasteiger partial charge < -0.3 is 19.8 Å². The molecule has 0 fully saturated rings. The number of allylic oxidation sites excluding steroid dienone is 2. The van der Waals surface area contributed by atoms with E-state index in [0.717, 1.165) is 19.3 Å². The molecule has 0 aromatic carbocycles. The molecule has 0 aliphatic rings. The SMILES string of the molecule is CCCCCCCCC/C=C/CCCCCCCCCCCC[N+](CCC(=O)O)(CCC(=O)O)CCC(=O)O. The van der Waals surface area contributed by atoms with E-state index < -0.39 is 17.9 Å². The lowest BCUT2D eigenvalue weighted by Crippen LogP contribution is -2.52. The zero-order chi connectivity index (χ0) is 29.0. The van der Waals surface area contributed by atoms with Gasteiger partial charge in [0.25, 0.3) is 0 Å². The number of quaternary nitrogens is 1. The van der Waals surface area contributed by atoms with Crippen LogP contribution in [0.5, 0.6) is 0 Å². The summed E-state index contributed by atoms with van der Waals surface area (Å²) in [4.78, 5) is 33.4. The van der Waals surface area contributed by atoms with Crippen molar-refractivity contribution in [3.8, 4) is 0 Å². The highest BCUT2D eigenvalue weighted by molar-refractivity contribution is 5.67. The first-order chi connectivity index (χ1) is 18.8. The van der Waals surface area contributed by atoms with E-state index in [1.807, 2.05) is 0 Å². The molecule has 0 heterocycles. The quantitative estimate of drug-likeness (QED) is 0.0468. The Morgan fingerprint density at radius 2 is 0.769 bits per heavy atom. The summed E-state index contributed by atoms with van der Waals surface area (Å²) in [5.41, 5.74) is 0. The molecule has 39 heavy (non-hydrogen) atoms. The maximum absolute atomic E-state index is 11.1. The van der Waals surface area contributed by atoms with E-state index in [1.165, 1.54) is 103 Å². The number of unbranched alkanes of at least 4 members (excludes halogenated alkanes) is 17. The monoisotopic (exact) mass is 554 g/mol. The minimum Gasteiger partial charge on any atom is -0.481 e. The summed E-state index contributed by atoms with van der Waals surface area (Å²) >= 11 is 0. The molecule has 0 aromatic heterocycles. The lowest BCUT2D eigenvalue weighted by molar-refractivity contribution is -0.927. The average molecular weight is 555 g/mol. The van der Waals surface area contributed by atoms with Gasteiger partial charge in [0, 0.05) is 0 Å². The number of aliphatic carboxylic acids is 3. The van der Waals surface area contributed by atoms with Crippen LogP contribution in [0.25, 0.3) is 0 Å². The molecule has 0 spiro atoms. The topological polar surface area (TPSA) is 112 Å². The van der Waals surface area contributed by atoms with E-state index in [2.05, 4.69) is 19.1 Å². The van der Waals surface area contributed by atoms with Crippen molar-refractivity contribution in [2.45, 2.75) is 148 Å². The molecule has 0 atom stereocenters. The van der Waals surface area contributed by atoms with Gasteiger partial charge in [-0.1, -0.05) is 103 Å². The van der Waals surface area contributed by atoms with Crippen LogP contribution < -0.4 is 0 Å². The van der Waals surface area contributed by atoms with Crippen molar-refractivity contribution in [1.29, 1.82) is 0 Å². The predicted octanol–water partition coefficient (Wildman–Crippen LogP) is 8.22. The molecule has 0 saturated carbocycles. The third kappa shape index (κ3) is 26.1. The van der Waals surface area contributed by atoms with Crippen molar-refractivity contribution >= 4 is 17.9 Å². The van der Waals surface area contributed by atoms with E-state index in [1.54, 1.807) is 0 Å². The molecule has 0 aliphatic heterocycles. The van der Waals surface area contributed by atoms with Gasteiger partial charge in [0.15, 0.2) is 0 Å². The summed E-state index contributed by atoms with van der Waals surface area (Å²) in [5.74, 6) is -2.80. The van der Waals surface area contributed by atoms with E-state index >= 15 is 0 Å². The maximum Gasteiger partial charge on any atom is 0.309 e. The molecular weight excluding hydrogens is 494 g/mol. The summed E-state index contributed by atoms with van der Waals surface area (Å²) in [7, 11) is 0. The predicted molar refractivity (Wildman–Crippen MR) is 159 cm³/mol. The fourth-order valence-corrected chi connectivity index (χ4v) is 5.25. The van der Waals surface area contributed by atoms with Crippen molar-refractivity contribution in [2.75, 3.05) is 26.2 Å². The van der Waals surface area contributed by atoms with E-state index in [4.69, 9.17) is 15.3 Å². The molecule has 0 unspecified atom stereocenters. The normalized spacial score (nSPS) is 11.8. The Morgan fingerprint density at radius 1 is 0.462 bits per heavy atom. The smallest absolute Gasteiger partial charge is 0.309 e. The number of carboxylic acids is 3. The average Bonchev–Trinajstić information content (AvgIpc) is 2.90. The first-order valence-electron chi connectivity index (χ1n) is 16.0.